The van der Waals surface area contributed by atoms with Crippen LogP contribution in [0.25, 0.3) is 11.1 Å². The van der Waals surface area contributed by atoms with Crippen molar-refractivity contribution in [3.8, 4) is 0 Å². The van der Waals surface area contributed by atoms with Crippen LogP contribution in [0.5, 0.6) is 0 Å². The Morgan fingerprint density at radius 2 is 1.65 bits per heavy atom. The molecule has 1 aromatic heterocycles. The molecule has 1 N–H and O–H groups in total. The van der Waals surface area contributed by atoms with Gasteiger partial charge in [0.05, 0.1) is 17.7 Å². The van der Waals surface area contributed by atoms with Crippen LogP contribution >= 0.6 is 0 Å². The van der Waals surface area contributed by atoms with E-state index in [4.69, 9.17) is 4.42 Å². The number of benzene rings is 3. The molecule has 0 saturated carbocycles. The van der Waals surface area contributed by atoms with E-state index in [0.717, 1.165) is 42.8 Å². The van der Waals surface area contributed by atoms with Gasteiger partial charge < -0.3 is 24.2 Å². The zero-order valence-corrected chi connectivity index (χ0v) is 22.2. The van der Waals surface area contributed by atoms with Crippen LogP contribution in [0.4, 0.5) is 5.69 Å². The van der Waals surface area contributed by atoms with Crippen molar-refractivity contribution in [2.24, 2.45) is 0 Å². The van der Waals surface area contributed by atoms with Gasteiger partial charge in [0.1, 0.15) is 5.54 Å². The predicted molar refractivity (Wildman–Crippen MR) is 151 cm³/mol. The number of carboxylic acid groups (broad SMARTS) is 1. The maximum atomic E-state index is 14.0. The minimum atomic E-state index is -0.977. The Labute approximate surface area is 231 Å². The summed E-state index contributed by atoms with van der Waals surface area (Å²) in [6.45, 7) is 3.78. The van der Waals surface area contributed by atoms with E-state index >= 15 is 0 Å². The number of aromatic carboxylic acids is 1. The number of hydrogen-bond acceptors (Lipinski definition) is 6. The zero-order chi connectivity index (χ0) is 27.7. The number of para-hydroxylation sites is 3. The highest BCUT2D eigenvalue weighted by atomic mass is 16.4. The third-order valence-corrected chi connectivity index (χ3v) is 8.24. The van der Waals surface area contributed by atoms with Gasteiger partial charge in [-0.25, -0.2) is 9.59 Å². The number of amides is 1. The van der Waals surface area contributed by atoms with Gasteiger partial charge in [0, 0.05) is 31.9 Å². The van der Waals surface area contributed by atoms with E-state index in [-0.39, 0.29) is 17.2 Å². The SMILES string of the molecule is O=C(O)c1cccc(CN2CN(c3ccccc3)C3(CCN(CCCn4c(=O)oc5ccccc54)CC3)C2=O)c1. The molecular weight excluding hydrogens is 508 g/mol. The minimum Gasteiger partial charge on any atom is -0.478 e. The second kappa shape index (κ2) is 10.7. The molecule has 2 aliphatic rings. The minimum absolute atomic E-state index is 0.0909. The Hall–Kier alpha value is -4.37. The second-order valence-corrected chi connectivity index (χ2v) is 10.6. The number of aromatic nitrogens is 1. The molecule has 0 radical (unpaired) electrons. The molecule has 2 aliphatic heterocycles. The number of rotatable bonds is 8. The molecule has 4 aromatic rings. The van der Waals surface area contributed by atoms with Crippen LogP contribution in [0.3, 0.4) is 0 Å². The van der Waals surface area contributed by atoms with E-state index in [9.17, 15) is 19.5 Å². The smallest absolute Gasteiger partial charge is 0.419 e. The Kier molecular flexibility index (Phi) is 6.89. The molecular formula is C31H32N4O5. The molecule has 6 rings (SSSR count). The lowest BCUT2D eigenvalue weighted by Gasteiger charge is -2.43. The van der Waals surface area contributed by atoms with Gasteiger partial charge in [-0.05, 0) is 67.8 Å². The third kappa shape index (κ3) is 4.77. The van der Waals surface area contributed by atoms with Gasteiger partial charge >= 0.3 is 11.7 Å². The molecule has 1 spiro atoms. The number of carboxylic acids is 1. The van der Waals surface area contributed by atoms with Gasteiger partial charge in [-0.2, -0.15) is 0 Å². The highest BCUT2D eigenvalue weighted by Crippen LogP contribution is 2.40. The first-order chi connectivity index (χ1) is 19.4. The van der Waals surface area contributed by atoms with Crippen molar-refractivity contribution in [3.05, 3.63) is 101 Å². The Balaban J connectivity index is 1.15. The van der Waals surface area contributed by atoms with Crippen molar-refractivity contribution >= 4 is 28.7 Å². The molecule has 2 saturated heterocycles. The molecule has 0 unspecified atom stereocenters. The molecule has 1 amide bonds. The van der Waals surface area contributed by atoms with E-state index < -0.39 is 11.5 Å². The number of carbonyl (C=O) groups excluding carboxylic acids is 1. The van der Waals surface area contributed by atoms with Crippen molar-refractivity contribution in [1.82, 2.24) is 14.4 Å². The van der Waals surface area contributed by atoms with Crippen LogP contribution in [0, 0.1) is 0 Å². The summed E-state index contributed by atoms with van der Waals surface area (Å²) in [7, 11) is 0. The maximum absolute atomic E-state index is 14.0. The summed E-state index contributed by atoms with van der Waals surface area (Å²) in [5, 5.41) is 9.40. The Morgan fingerprint density at radius 1 is 0.900 bits per heavy atom. The topological polar surface area (TPSA) is 99.2 Å². The van der Waals surface area contributed by atoms with E-state index in [1.807, 2.05) is 59.5 Å². The number of aryl methyl sites for hydroxylation is 1. The van der Waals surface area contributed by atoms with E-state index in [1.54, 1.807) is 28.8 Å². The number of likely N-dealkylation sites (tertiary alicyclic amines) is 1. The van der Waals surface area contributed by atoms with Crippen LogP contribution in [0.15, 0.2) is 88.1 Å². The molecule has 40 heavy (non-hydrogen) atoms. The Morgan fingerprint density at radius 3 is 2.42 bits per heavy atom. The number of fused-ring (bicyclic) bond motifs is 1. The summed E-state index contributed by atoms with van der Waals surface area (Å²) < 4.78 is 7.05. The monoisotopic (exact) mass is 540 g/mol. The Bertz CT molecular complexity index is 1590. The van der Waals surface area contributed by atoms with Gasteiger partial charge in [0.2, 0.25) is 5.91 Å². The van der Waals surface area contributed by atoms with E-state index in [2.05, 4.69) is 9.80 Å². The van der Waals surface area contributed by atoms with Crippen LogP contribution in [-0.2, 0) is 17.9 Å². The maximum Gasteiger partial charge on any atom is 0.419 e. The van der Waals surface area contributed by atoms with Crippen molar-refractivity contribution in [1.29, 1.82) is 0 Å². The summed E-state index contributed by atoms with van der Waals surface area (Å²) in [6, 6.07) is 24.3. The molecule has 9 nitrogen and oxygen atoms in total. The van der Waals surface area contributed by atoms with Gasteiger partial charge in [-0.3, -0.25) is 9.36 Å². The standard InChI is InChI=1S/C31H32N4O5/c36-28(37)24-9-6-8-23(20-24)21-33-22-35(25-10-2-1-3-11-25)31(29(33)38)14-18-32(19-15-31)16-7-17-34-26-12-4-5-13-27(26)40-30(34)39/h1-6,8-13,20H,7,14-19,21-22H2,(H,36,37). The van der Waals surface area contributed by atoms with E-state index in [1.165, 1.54) is 0 Å². The normalized spacial score (nSPS) is 17.2. The molecule has 3 heterocycles. The first-order valence-corrected chi connectivity index (χ1v) is 13.7. The number of piperidine rings is 1. The average molecular weight is 541 g/mol. The first-order valence-electron chi connectivity index (χ1n) is 13.7. The number of hydrogen-bond donors (Lipinski definition) is 1. The predicted octanol–water partition coefficient (Wildman–Crippen LogP) is 4.02. The highest BCUT2D eigenvalue weighted by molar-refractivity contribution is 5.93. The lowest BCUT2D eigenvalue weighted by atomic mass is 9.85. The second-order valence-electron chi connectivity index (χ2n) is 10.6. The summed E-state index contributed by atoms with van der Waals surface area (Å²) in [5.41, 5.74) is 2.81. The number of carbonyl (C=O) groups is 2. The lowest BCUT2D eigenvalue weighted by Crippen LogP contribution is -2.56. The third-order valence-electron chi connectivity index (χ3n) is 8.24. The molecule has 0 atom stereocenters. The van der Waals surface area contributed by atoms with Crippen LogP contribution in [0.2, 0.25) is 0 Å². The van der Waals surface area contributed by atoms with Gasteiger partial charge in [0.25, 0.3) is 0 Å². The lowest BCUT2D eigenvalue weighted by molar-refractivity contribution is -0.134. The molecule has 0 aliphatic carbocycles. The number of nitrogens with zero attached hydrogens (tertiary/aromatic N) is 4. The fraction of sp³-hybridized carbons (Fsp3) is 0.323. The summed E-state index contributed by atoms with van der Waals surface area (Å²) in [6.07, 6.45) is 2.20. The van der Waals surface area contributed by atoms with E-state index in [0.29, 0.717) is 38.2 Å². The summed E-state index contributed by atoms with van der Waals surface area (Å²) in [4.78, 5) is 44.3. The average Bonchev–Trinajstić information content (AvgIpc) is 3.43. The fourth-order valence-corrected chi connectivity index (χ4v) is 6.17. The van der Waals surface area contributed by atoms with Crippen LogP contribution in [-0.4, -0.2) is 63.2 Å². The quantitative estimate of drug-likeness (QED) is 0.360. The number of oxazole rings is 1. The first kappa shape index (κ1) is 25.9. The summed E-state index contributed by atoms with van der Waals surface area (Å²) >= 11 is 0. The number of anilines is 1. The van der Waals surface area contributed by atoms with Crippen molar-refractivity contribution < 1.29 is 19.1 Å². The van der Waals surface area contributed by atoms with Gasteiger partial charge in [-0.1, -0.05) is 42.5 Å². The van der Waals surface area contributed by atoms with Gasteiger partial charge in [0.15, 0.2) is 5.58 Å². The summed E-state index contributed by atoms with van der Waals surface area (Å²) in [5.74, 6) is -1.22. The van der Waals surface area contributed by atoms with Crippen LogP contribution in [0.1, 0.15) is 35.2 Å². The molecule has 3 aromatic carbocycles. The van der Waals surface area contributed by atoms with Crippen molar-refractivity contribution in [2.45, 2.75) is 37.9 Å². The van der Waals surface area contributed by atoms with Crippen molar-refractivity contribution in [2.75, 3.05) is 31.2 Å². The van der Waals surface area contributed by atoms with Gasteiger partial charge in [-0.15, -0.1) is 0 Å². The molecule has 9 heteroatoms. The molecule has 206 valence electrons. The molecule has 2 fully saturated rings. The highest BCUT2D eigenvalue weighted by Gasteiger charge is 2.53. The molecule has 0 bridgehead atoms. The van der Waals surface area contributed by atoms with Crippen LogP contribution < -0.4 is 10.7 Å². The fourth-order valence-electron chi connectivity index (χ4n) is 6.17. The largest absolute Gasteiger partial charge is 0.478 e. The van der Waals surface area contributed by atoms with Crippen molar-refractivity contribution in [3.63, 3.8) is 0 Å². The zero-order valence-electron chi connectivity index (χ0n) is 22.2.